The maximum Gasteiger partial charge on any atom is 0.244 e. The van der Waals surface area contributed by atoms with E-state index in [1.165, 1.54) is 6.92 Å². The number of sulfonamides is 1. The van der Waals surface area contributed by atoms with Gasteiger partial charge in [-0.15, -0.1) is 0 Å². The van der Waals surface area contributed by atoms with Crippen molar-refractivity contribution in [1.29, 1.82) is 0 Å². The monoisotopic (exact) mass is 287 g/mol. The van der Waals surface area contributed by atoms with Crippen LogP contribution in [-0.2, 0) is 14.8 Å². The molecule has 1 amide bonds. The van der Waals surface area contributed by atoms with Gasteiger partial charge in [0.2, 0.25) is 21.9 Å². The fourth-order valence-corrected chi connectivity index (χ4v) is 2.32. The Hall–Kier alpha value is -1.74. The van der Waals surface area contributed by atoms with Gasteiger partial charge in [0.15, 0.2) is 0 Å². The molecule has 1 atom stereocenters. The molecule has 4 N–H and O–H groups in total. The summed E-state index contributed by atoms with van der Waals surface area (Å²) < 4.78 is 26.1. The van der Waals surface area contributed by atoms with Gasteiger partial charge >= 0.3 is 0 Å². The minimum Gasteiger partial charge on any atom is -0.368 e. The number of amides is 1. The fraction of sp³-hybridized carbons (Fsp3) is 0.500. The maximum absolute atomic E-state index is 11.9. The highest BCUT2D eigenvalue weighted by molar-refractivity contribution is 7.89. The molecular weight excluding hydrogens is 270 g/mol. The van der Waals surface area contributed by atoms with E-state index < -0.39 is 22.0 Å². The summed E-state index contributed by atoms with van der Waals surface area (Å²) in [7, 11) is -3.85. The van der Waals surface area contributed by atoms with Gasteiger partial charge in [0.1, 0.15) is 4.90 Å². The predicted octanol–water partition coefficient (Wildman–Crippen LogP) is -0.750. The van der Waals surface area contributed by atoms with Crippen molar-refractivity contribution in [3.05, 3.63) is 12.4 Å². The minimum absolute atomic E-state index is 0.0236. The molecule has 9 heteroatoms. The highest BCUT2D eigenvalue weighted by Crippen LogP contribution is 2.06. The Labute approximate surface area is 111 Å². The fourth-order valence-electron chi connectivity index (χ4n) is 1.23. The third-order valence-corrected chi connectivity index (χ3v) is 3.61. The molecule has 1 aromatic rings. The van der Waals surface area contributed by atoms with Gasteiger partial charge in [-0.05, 0) is 20.8 Å². The molecule has 0 spiro atoms. The SMILES string of the molecule is CC(C)NC(=O)C(C)NS(=O)(=O)c1cnc(N)nc1. The first-order chi connectivity index (χ1) is 8.72. The van der Waals surface area contributed by atoms with Crippen molar-refractivity contribution >= 4 is 21.9 Å². The van der Waals surface area contributed by atoms with E-state index in [1.807, 2.05) is 0 Å². The van der Waals surface area contributed by atoms with Gasteiger partial charge in [-0.2, -0.15) is 4.72 Å². The molecule has 0 fully saturated rings. The molecule has 1 heterocycles. The minimum atomic E-state index is -3.85. The summed E-state index contributed by atoms with van der Waals surface area (Å²) in [4.78, 5) is 18.7. The molecule has 0 radical (unpaired) electrons. The first-order valence-corrected chi connectivity index (χ1v) is 7.11. The average molecular weight is 287 g/mol. The van der Waals surface area contributed by atoms with Crippen LogP contribution in [0, 0.1) is 0 Å². The normalized spacial score (nSPS) is 13.3. The number of nitrogens with one attached hydrogen (secondary N) is 2. The highest BCUT2D eigenvalue weighted by Gasteiger charge is 2.22. The topological polar surface area (TPSA) is 127 Å². The van der Waals surface area contributed by atoms with Gasteiger partial charge in [0, 0.05) is 6.04 Å². The number of nitrogen functional groups attached to an aromatic ring is 1. The Kier molecular flexibility index (Phi) is 4.78. The van der Waals surface area contributed by atoms with Crippen molar-refractivity contribution in [3.63, 3.8) is 0 Å². The first kappa shape index (κ1) is 15.3. The number of aromatic nitrogens is 2. The highest BCUT2D eigenvalue weighted by atomic mass is 32.2. The van der Waals surface area contributed by atoms with Crippen molar-refractivity contribution in [2.24, 2.45) is 0 Å². The summed E-state index contributed by atoms with van der Waals surface area (Å²) in [5, 5.41) is 2.61. The van der Waals surface area contributed by atoms with Crippen LogP contribution in [0.4, 0.5) is 5.95 Å². The lowest BCUT2D eigenvalue weighted by atomic mass is 10.3. The van der Waals surface area contributed by atoms with Gasteiger partial charge < -0.3 is 11.1 Å². The van der Waals surface area contributed by atoms with E-state index in [4.69, 9.17) is 5.73 Å². The quantitative estimate of drug-likeness (QED) is 0.654. The van der Waals surface area contributed by atoms with Gasteiger partial charge in [-0.3, -0.25) is 4.79 Å². The van der Waals surface area contributed by atoms with Gasteiger partial charge in [0.25, 0.3) is 0 Å². The zero-order chi connectivity index (χ0) is 14.6. The Bertz CT molecular complexity index is 541. The Morgan fingerprint density at radius 2 is 1.79 bits per heavy atom. The lowest BCUT2D eigenvalue weighted by Crippen LogP contribution is -2.46. The number of hydrogen-bond acceptors (Lipinski definition) is 6. The molecule has 0 aliphatic rings. The zero-order valence-corrected chi connectivity index (χ0v) is 11.7. The van der Waals surface area contributed by atoms with E-state index in [1.54, 1.807) is 13.8 Å². The molecule has 106 valence electrons. The largest absolute Gasteiger partial charge is 0.368 e. The number of carbonyl (C=O) groups excluding carboxylic acids is 1. The molecule has 8 nitrogen and oxygen atoms in total. The van der Waals surface area contributed by atoms with Crippen LogP contribution >= 0.6 is 0 Å². The standard InChI is InChI=1S/C10H17N5O3S/c1-6(2)14-9(16)7(3)15-19(17,18)8-4-12-10(11)13-5-8/h4-7,15H,1-3H3,(H,14,16)(H2,11,12,13). The van der Waals surface area contributed by atoms with Crippen LogP contribution in [0.3, 0.4) is 0 Å². The summed E-state index contributed by atoms with van der Waals surface area (Å²) in [6.07, 6.45) is 2.16. The molecule has 0 aromatic carbocycles. The Balaban J connectivity index is 2.80. The molecule has 0 saturated carbocycles. The Morgan fingerprint density at radius 3 is 2.26 bits per heavy atom. The van der Waals surface area contributed by atoms with Crippen LogP contribution in [0.1, 0.15) is 20.8 Å². The van der Waals surface area contributed by atoms with E-state index in [2.05, 4.69) is 20.0 Å². The van der Waals surface area contributed by atoms with E-state index >= 15 is 0 Å². The van der Waals surface area contributed by atoms with Crippen LogP contribution in [0.5, 0.6) is 0 Å². The Morgan fingerprint density at radius 1 is 1.26 bits per heavy atom. The lowest BCUT2D eigenvalue weighted by molar-refractivity contribution is -0.122. The molecule has 0 saturated heterocycles. The van der Waals surface area contributed by atoms with E-state index in [9.17, 15) is 13.2 Å². The lowest BCUT2D eigenvalue weighted by Gasteiger charge is -2.15. The predicted molar refractivity (Wildman–Crippen MR) is 69.5 cm³/mol. The molecule has 1 unspecified atom stereocenters. The zero-order valence-electron chi connectivity index (χ0n) is 10.9. The van der Waals surface area contributed by atoms with E-state index in [0.29, 0.717) is 0 Å². The second-order valence-corrected chi connectivity index (χ2v) is 6.00. The smallest absolute Gasteiger partial charge is 0.244 e. The van der Waals surface area contributed by atoms with Crippen LogP contribution < -0.4 is 15.8 Å². The summed E-state index contributed by atoms with van der Waals surface area (Å²) in [5.74, 6) is -0.431. The summed E-state index contributed by atoms with van der Waals surface area (Å²) >= 11 is 0. The molecule has 19 heavy (non-hydrogen) atoms. The number of anilines is 1. The molecule has 0 aliphatic heterocycles. The number of hydrogen-bond donors (Lipinski definition) is 3. The number of carbonyl (C=O) groups is 1. The molecule has 0 aliphatic carbocycles. The van der Waals surface area contributed by atoms with Gasteiger partial charge in [-0.1, -0.05) is 0 Å². The van der Waals surface area contributed by atoms with Crippen LogP contribution in [-0.4, -0.2) is 36.4 Å². The van der Waals surface area contributed by atoms with Crippen molar-refractivity contribution in [3.8, 4) is 0 Å². The average Bonchev–Trinajstić information content (AvgIpc) is 2.27. The van der Waals surface area contributed by atoms with Crippen LogP contribution in [0.25, 0.3) is 0 Å². The number of rotatable bonds is 5. The summed E-state index contributed by atoms with van der Waals surface area (Å²) in [6.45, 7) is 5.02. The molecule has 0 bridgehead atoms. The van der Waals surface area contributed by atoms with Crippen molar-refractivity contribution in [1.82, 2.24) is 20.0 Å². The maximum atomic E-state index is 11.9. The number of nitrogens with zero attached hydrogens (tertiary/aromatic N) is 2. The third-order valence-electron chi connectivity index (χ3n) is 2.11. The van der Waals surface area contributed by atoms with E-state index in [-0.39, 0.29) is 16.9 Å². The van der Waals surface area contributed by atoms with Crippen molar-refractivity contribution in [2.45, 2.75) is 37.8 Å². The first-order valence-electron chi connectivity index (χ1n) is 5.62. The second kappa shape index (κ2) is 5.93. The second-order valence-electron chi connectivity index (χ2n) is 4.28. The van der Waals surface area contributed by atoms with Gasteiger partial charge in [0.05, 0.1) is 18.4 Å². The third kappa shape index (κ3) is 4.45. The van der Waals surface area contributed by atoms with Gasteiger partial charge in [-0.25, -0.2) is 18.4 Å². The van der Waals surface area contributed by atoms with E-state index in [0.717, 1.165) is 12.4 Å². The van der Waals surface area contributed by atoms with Crippen LogP contribution in [0.15, 0.2) is 17.3 Å². The summed E-state index contributed by atoms with van der Waals surface area (Å²) in [6, 6.07) is -0.968. The van der Waals surface area contributed by atoms with Crippen molar-refractivity contribution < 1.29 is 13.2 Å². The molecule has 1 aromatic heterocycles. The molecular formula is C10H17N5O3S. The summed E-state index contributed by atoms with van der Waals surface area (Å²) in [5.41, 5.74) is 5.27. The number of nitrogens with two attached hydrogens (primary N) is 1. The van der Waals surface area contributed by atoms with Crippen molar-refractivity contribution in [2.75, 3.05) is 5.73 Å². The molecule has 1 rings (SSSR count). The van der Waals surface area contributed by atoms with Crippen LogP contribution in [0.2, 0.25) is 0 Å².